The van der Waals surface area contributed by atoms with Crippen molar-refractivity contribution in [3.05, 3.63) is 36.0 Å². The molecule has 0 amide bonds. The topological polar surface area (TPSA) is 40.7 Å². The van der Waals surface area contributed by atoms with Crippen LogP contribution in [0.1, 0.15) is 18.4 Å². The molecule has 2 aliphatic heterocycles. The lowest BCUT2D eigenvalue weighted by molar-refractivity contribution is 0.0349. The number of rotatable bonds is 7. The molecular weight excluding hydrogens is 338 g/mol. The van der Waals surface area contributed by atoms with Crippen molar-refractivity contribution in [2.75, 3.05) is 60.2 Å². The van der Waals surface area contributed by atoms with Crippen LogP contribution in [0, 0.1) is 11.3 Å². The Hall–Kier alpha value is -1.40. The first-order valence-corrected chi connectivity index (χ1v) is 10.2. The van der Waals surface area contributed by atoms with Gasteiger partial charge in [0.05, 0.1) is 13.2 Å². The van der Waals surface area contributed by atoms with Crippen LogP contribution in [-0.4, -0.2) is 74.9 Å². The number of nitrogens with one attached hydrogen (secondary N) is 1. The number of aromatic nitrogens is 1. The fourth-order valence-corrected chi connectivity index (χ4v) is 5.22. The Kier molecular flexibility index (Phi) is 5.83. The summed E-state index contributed by atoms with van der Waals surface area (Å²) in [6.45, 7) is 8.50. The number of nitrogens with zero attached hydrogens (tertiary/aromatic N) is 2. The van der Waals surface area contributed by atoms with Gasteiger partial charge in [-0.3, -0.25) is 4.90 Å². The molecule has 5 heteroatoms. The van der Waals surface area contributed by atoms with E-state index in [0.29, 0.717) is 11.3 Å². The molecule has 4 rings (SSSR count). The molecule has 2 aliphatic rings. The van der Waals surface area contributed by atoms with Crippen molar-refractivity contribution in [3.8, 4) is 0 Å². The zero-order chi connectivity index (χ0) is 18.7. The van der Waals surface area contributed by atoms with Crippen LogP contribution in [0.2, 0.25) is 0 Å². The number of aromatic amines is 1. The molecule has 2 aromatic rings. The normalized spacial score (nSPS) is 23.6. The Morgan fingerprint density at radius 1 is 1.11 bits per heavy atom. The van der Waals surface area contributed by atoms with Crippen LogP contribution in [0.4, 0.5) is 0 Å². The van der Waals surface area contributed by atoms with Crippen LogP contribution < -0.4 is 0 Å². The lowest BCUT2D eigenvalue weighted by atomic mass is 9.71. The summed E-state index contributed by atoms with van der Waals surface area (Å²) in [4.78, 5) is 8.55. The molecule has 2 fully saturated rings. The fraction of sp³-hybridized carbons (Fsp3) is 0.636. The Morgan fingerprint density at radius 3 is 2.74 bits per heavy atom. The molecule has 2 saturated heterocycles. The van der Waals surface area contributed by atoms with Gasteiger partial charge in [0.15, 0.2) is 0 Å². The first kappa shape index (κ1) is 18.9. The smallest absolute Gasteiger partial charge is 0.0589 e. The number of likely N-dealkylation sites (tertiary alicyclic amines) is 2. The van der Waals surface area contributed by atoms with Gasteiger partial charge in [-0.15, -0.1) is 0 Å². The Labute approximate surface area is 162 Å². The predicted molar refractivity (Wildman–Crippen MR) is 109 cm³/mol. The Balaban J connectivity index is 1.40. The maximum absolute atomic E-state index is 5.59. The number of benzene rings is 1. The van der Waals surface area contributed by atoms with Gasteiger partial charge in [-0.2, -0.15) is 0 Å². The van der Waals surface area contributed by atoms with Crippen molar-refractivity contribution in [2.45, 2.75) is 19.4 Å². The van der Waals surface area contributed by atoms with E-state index < -0.39 is 0 Å². The lowest BCUT2D eigenvalue weighted by Gasteiger charge is -2.42. The van der Waals surface area contributed by atoms with E-state index >= 15 is 0 Å². The number of methoxy groups -OCH3 is 2. The standard InChI is InChI=1S/C22H33N3O2/c1-26-13-12-25-15-19(16-27-2)22(17-25)7-10-24(11-8-22)14-18-4-3-5-21-20(18)6-9-23-21/h3-6,9,19,23H,7-8,10-17H2,1-2H3. The van der Waals surface area contributed by atoms with Crippen molar-refractivity contribution in [3.63, 3.8) is 0 Å². The van der Waals surface area contributed by atoms with Crippen LogP contribution >= 0.6 is 0 Å². The maximum atomic E-state index is 5.59. The van der Waals surface area contributed by atoms with E-state index in [0.717, 1.165) is 32.8 Å². The Bertz CT molecular complexity index is 736. The van der Waals surface area contributed by atoms with Crippen molar-refractivity contribution in [1.29, 1.82) is 0 Å². The molecule has 148 valence electrons. The second-order valence-corrected chi connectivity index (χ2v) is 8.37. The van der Waals surface area contributed by atoms with Gasteiger partial charge in [-0.1, -0.05) is 12.1 Å². The number of hydrogen-bond acceptors (Lipinski definition) is 4. The van der Waals surface area contributed by atoms with E-state index in [1.165, 1.54) is 48.9 Å². The summed E-state index contributed by atoms with van der Waals surface area (Å²) in [7, 11) is 3.64. The van der Waals surface area contributed by atoms with Crippen LogP contribution in [0.5, 0.6) is 0 Å². The van der Waals surface area contributed by atoms with E-state index in [1.807, 2.05) is 13.3 Å². The molecule has 0 bridgehead atoms. The van der Waals surface area contributed by atoms with Crippen molar-refractivity contribution < 1.29 is 9.47 Å². The van der Waals surface area contributed by atoms with Gasteiger partial charge >= 0.3 is 0 Å². The molecule has 1 unspecified atom stereocenters. The summed E-state index contributed by atoms with van der Waals surface area (Å²) in [5, 5.41) is 1.36. The first-order valence-electron chi connectivity index (χ1n) is 10.2. The zero-order valence-electron chi connectivity index (χ0n) is 16.7. The molecule has 1 aromatic carbocycles. The summed E-state index contributed by atoms with van der Waals surface area (Å²) >= 11 is 0. The maximum Gasteiger partial charge on any atom is 0.0589 e. The van der Waals surface area contributed by atoms with E-state index in [-0.39, 0.29) is 0 Å². The van der Waals surface area contributed by atoms with E-state index in [2.05, 4.69) is 39.0 Å². The summed E-state index contributed by atoms with van der Waals surface area (Å²) in [5.74, 6) is 0.648. The second-order valence-electron chi connectivity index (χ2n) is 8.37. The number of hydrogen-bond donors (Lipinski definition) is 1. The summed E-state index contributed by atoms with van der Waals surface area (Å²) in [6, 6.07) is 8.80. The quantitative estimate of drug-likeness (QED) is 0.812. The van der Waals surface area contributed by atoms with E-state index in [9.17, 15) is 0 Å². The first-order chi connectivity index (χ1) is 13.2. The van der Waals surface area contributed by atoms with Crippen LogP contribution in [0.15, 0.2) is 30.5 Å². The average Bonchev–Trinajstić information content (AvgIpc) is 3.29. The molecule has 1 aromatic heterocycles. The highest BCUT2D eigenvalue weighted by atomic mass is 16.5. The van der Waals surface area contributed by atoms with Gasteiger partial charge in [0, 0.05) is 63.4 Å². The van der Waals surface area contributed by atoms with Gasteiger partial charge in [0.25, 0.3) is 0 Å². The summed E-state index contributed by atoms with van der Waals surface area (Å²) in [5.41, 5.74) is 3.09. The second kappa shape index (κ2) is 8.31. The highest BCUT2D eigenvalue weighted by Crippen LogP contribution is 2.45. The SMILES string of the molecule is COCCN1CC(COC)C2(CCN(Cc3cccc4[nH]ccc34)CC2)C1. The molecule has 1 atom stereocenters. The third-order valence-corrected chi connectivity index (χ3v) is 6.79. The van der Waals surface area contributed by atoms with Gasteiger partial charge in [-0.25, -0.2) is 0 Å². The third-order valence-electron chi connectivity index (χ3n) is 6.79. The van der Waals surface area contributed by atoms with Crippen LogP contribution in [0.25, 0.3) is 10.9 Å². The average molecular weight is 372 g/mol. The molecule has 1 spiro atoms. The number of ether oxygens (including phenoxy) is 2. The summed E-state index contributed by atoms with van der Waals surface area (Å²) in [6.07, 6.45) is 4.59. The number of piperidine rings is 1. The van der Waals surface area contributed by atoms with E-state index in [1.54, 1.807) is 7.11 Å². The van der Waals surface area contributed by atoms with Crippen molar-refractivity contribution in [2.24, 2.45) is 11.3 Å². The zero-order valence-corrected chi connectivity index (χ0v) is 16.7. The lowest BCUT2D eigenvalue weighted by Crippen LogP contribution is -2.45. The van der Waals surface area contributed by atoms with Crippen molar-refractivity contribution in [1.82, 2.24) is 14.8 Å². The Morgan fingerprint density at radius 2 is 1.96 bits per heavy atom. The molecule has 5 nitrogen and oxygen atoms in total. The molecule has 0 radical (unpaired) electrons. The fourth-order valence-electron chi connectivity index (χ4n) is 5.22. The van der Waals surface area contributed by atoms with Crippen LogP contribution in [0.3, 0.4) is 0 Å². The molecule has 3 heterocycles. The minimum absolute atomic E-state index is 0.417. The molecule has 0 saturated carbocycles. The number of fused-ring (bicyclic) bond motifs is 1. The molecule has 1 N–H and O–H groups in total. The van der Waals surface area contributed by atoms with Gasteiger partial charge < -0.3 is 19.4 Å². The monoisotopic (exact) mass is 371 g/mol. The highest BCUT2D eigenvalue weighted by molar-refractivity contribution is 5.82. The highest BCUT2D eigenvalue weighted by Gasteiger charge is 2.47. The molecular formula is C22H33N3O2. The number of H-pyrrole nitrogens is 1. The van der Waals surface area contributed by atoms with Gasteiger partial charge in [0.2, 0.25) is 0 Å². The van der Waals surface area contributed by atoms with Gasteiger partial charge in [0.1, 0.15) is 0 Å². The largest absolute Gasteiger partial charge is 0.384 e. The molecule has 27 heavy (non-hydrogen) atoms. The van der Waals surface area contributed by atoms with Gasteiger partial charge in [-0.05, 0) is 49.0 Å². The summed E-state index contributed by atoms with van der Waals surface area (Å²) < 4.78 is 10.9. The van der Waals surface area contributed by atoms with E-state index in [4.69, 9.17) is 9.47 Å². The van der Waals surface area contributed by atoms with Crippen LogP contribution in [-0.2, 0) is 16.0 Å². The minimum Gasteiger partial charge on any atom is -0.384 e. The van der Waals surface area contributed by atoms with Crippen molar-refractivity contribution >= 4 is 10.9 Å². The predicted octanol–water partition coefficient (Wildman–Crippen LogP) is 2.97. The third kappa shape index (κ3) is 3.92. The minimum atomic E-state index is 0.417. The molecule has 0 aliphatic carbocycles.